The van der Waals surface area contributed by atoms with E-state index in [4.69, 9.17) is 10.5 Å². The van der Waals surface area contributed by atoms with Crippen molar-refractivity contribution in [3.63, 3.8) is 0 Å². The molecule has 0 bridgehead atoms. The van der Waals surface area contributed by atoms with Gasteiger partial charge in [0.1, 0.15) is 5.60 Å². The van der Waals surface area contributed by atoms with E-state index in [1.807, 2.05) is 19.1 Å². The summed E-state index contributed by atoms with van der Waals surface area (Å²) in [5.41, 5.74) is 6.48. The molecule has 1 fully saturated rings. The average Bonchev–Trinajstić information content (AvgIpc) is 2.76. The van der Waals surface area contributed by atoms with Gasteiger partial charge < -0.3 is 15.4 Å². The van der Waals surface area contributed by atoms with Gasteiger partial charge in [-0.1, -0.05) is 0 Å². The van der Waals surface area contributed by atoms with E-state index in [1.54, 1.807) is 24.1 Å². The molecule has 1 aliphatic rings. The van der Waals surface area contributed by atoms with E-state index in [0.717, 1.165) is 18.5 Å². The van der Waals surface area contributed by atoms with Crippen LogP contribution in [0.5, 0.6) is 0 Å². The molecule has 0 aliphatic carbocycles. The third-order valence-electron chi connectivity index (χ3n) is 3.26. The second-order valence-corrected chi connectivity index (χ2v) is 4.64. The first-order valence-corrected chi connectivity index (χ1v) is 5.80. The monoisotopic (exact) mass is 234 g/mol. The fraction of sp³-hybridized carbons (Fsp3) is 0.462. The first-order valence-electron chi connectivity index (χ1n) is 5.80. The maximum Gasteiger partial charge on any atom is 0.258 e. The molecule has 0 aromatic heterocycles. The SMILES string of the molecule is CN(C(=O)C1(C)CCCO1)c1ccc(N)cc1. The highest BCUT2D eigenvalue weighted by Crippen LogP contribution is 2.28. The number of amides is 1. The van der Waals surface area contributed by atoms with Crippen molar-refractivity contribution in [3.05, 3.63) is 24.3 Å². The molecule has 0 radical (unpaired) electrons. The molecule has 1 aliphatic heterocycles. The molecule has 92 valence electrons. The zero-order chi connectivity index (χ0) is 12.5. The number of hydrogen-bond donors (Lipinski definition) is 1. The van der Waals surface area contributed by atoms with E-state index >= 15 is 0 Å². The summed E-state index contributed by atoms with van der Waals surface area (Å²) in [5.74, 6) is -0.000212. The van der Waals surface area contributed by atoms with Crippen molar-refractivity contribution in [1.82, 2.24) is 0 Å². The topological polar surface area (TPSA) is 55.6 Å². The van der Waals surface area contributed by atoms with Gasteiger partial charge >= 0.3 is 0 Å². The van der Waals surface area contributed by atoms with Crippen molar-refractivity contribution in [2.75, 3.05) is 24.3 Å². The summed E-state index contributed by atoms with van der Waals surface area (Å²) in [5, 5.41) is 0. The lowest BCUT2D eigenvalue weighted by Gasteiger charge is -2.28. The number of benzene rings is 1. The Labute approximate surface area is 101 Å². The number of nitrogen functional groups attached to an aromatic ring is 1. The summed E-state index contributed by atoms with van der Waals surface area (Å²) < 4.78 is 5.55. The van der Waals surface area contributed by atoms with Crippen LogP contribution in [0.3, 0.4) is 0 Å². The summed E-state index contributed by atoms with van der Waals surface area (Å²) in [4.78, 5) is 14.0. The molecule has 1 aromatic carbocycles. The van der Waals surface area contributed by atoms with E-state index in [0.29, 0.717) is 12.3 Å². The van der Waals surface area contributed by atoms with Crippen LogP contribution in [0, 0.1) is 0 Å². The predicted octanol–water partition coefficient (Wildman–Crippen LogP) is 1.80. The number of likely N-dealkylation sites (N-methyl/N-ethyl adjacent to an activating group) is 1. The molecule has 1 atom stereocenters. The molecule has 2 N–H and O–H groups in total. The number of rotatable bonds is 2. The smallest absolute Gasteiger partial charge is 0.258 e. The number of nitrogens with two attached hydrogens (primary N) is 1. The number of nitrogens with zero attached hydrogens (tertiary/aromatic N) is 1. The highest BCUT2D eigenvalue weighted by Gasteiger charge is 2.39. The highest BCUT2D eigenvalue weighted by molar-refractivity contribution is 5.99. The van der Waals surface area contributed by atoms with Gasteiger partial charge in [-0.25, -0.2) is 0 Å². The molecule has 17 heavy (non-hydrogen) atoms. The van der Waals surface area contributed by atoms with Crippen LogP contribution in [0.2, 0.25) is 0 Å². The lowest BCUT2D eigenvalue weighted by Crippen LogP contribution is -2.45. The predicted molar refractivity (Wildman–Crippen MR) is 67.9 cm³/mol. The Morgan fingerprint density at radius 3 is 2.59 bits per heavy atom. The van der Waals surface area contributed by atoms with Crippen LogP contribution in [-0.4, -0.2) is 25.2 Å². The van der Waals surface area contributed by atoms with Gasteiger partial charge in [0, 0.05) is 25.0 Å². The standard InChI is InChI=1S/C13H18N2O2/c1-13(8-3-9-17-13)12(16)15(2)11-6-4-10(14)5-7-11/h4-7H,3,8-9,14H2,1-2H3. The third-order valence-corrected chi connectivity index (χ3v) is 3.26. The fourth-order valence-electron chi connectivity index (χ4n) is 2.12. The van der Waals surface area contributed by atoms with Gasteiger partial charge in [0.15, 0.2) is 0 Å². The van der Waals surface area contributed by atoms with Crippen LogP contribution >= 0.6 is 0 Å². The summed E-state index contributed by atoms with van der Waals surface area (Å²) in [6, 6.07) is 7.25. The molecule has 4 heteroatoms. The Balaban J connectivity index is 2.17. The number of anilines is 2. The molecule has 0 saturated carbocycles. The van der Waals surface area contributed by atoms with Crippen LogP contribution in [0.25, 0.3) is 0 Å². The summed E-state index contributed by atoms with van der Waals surface area (Å²) >= 11 is 0. The summed E-state index contributed by atoms with van der Waals surface area (Å²) in [6.45, 7) is 2.52. The van der Waals surface area contributed by atoms with E-state index in [9.17, 15) is 4.79 Å². The highest BCUT2D eigenvalue weighted by atomic mass is 16.5. The second kappa shape index (κ2) is 4.37. The maximum atomic E-state index is 12.3. The van der Waals surface area contributed by atoms with Gasteiger partial charge in [-0.15, -0.1) is 0 Å². The molecule has 2 rings (SSSR count). The zero-order valence-corrected chi connectivity index (χ0v) is 10.3. The molecular weight excluding hydrogens is 216 g/mol. The van der Waals surface area contributed by atoms with E-state index in [1.165, 1.54) is 0 Å². The molecule has 1 amide bonds. The van der Waals surface area contributed by atoms with Crippen molar-refractivity contribution in [2.45, 2.75) is 25.4 Å². The van der Waals surface area contributed by atoms with E-state index in [2.05, 4.69) is 0 Å². The summed E-state index contributed by atoms with van der Waals surface area (Å²) in [7, 11) is 1.76. The Morgan fingerprint density at radius 1 is 1.41 bits per heavy atom. The quantitative estimate of drug-likeness (QED) is 0.794. The van der Waals surface area contributed by atoms with Gasteiger partial charge in [0.2, 0.25) is 0 Å². The first kappa shape index (κ1) is 11.9. The fourth-order valence-corrected chi connectivity index (χ4v) is 2.12. The minimum Gasteiger partial charge on any atom is -0.399 e. The van der Waals surface area contributed by atoms with Crippen LogP contribution in [0.4, 0.5) is 11.4 Å². The van der Waals surface area contributed by atoms with Gasteiger partial charge in [0.25, 0.3) is 5.91 Å². The minimum absolute atomic E-state index is 0.000212. The Kier molecular flexibility index (Phi) is 3.07. The van der Waals surface area contributed by atoms with Crippen LogP contribution < -0.4 is 10.6 Å². The number of carbonyl (C=O) groups is 1. The Bertz CT molecular complexity index is 408. The van der Waals surface area contributed by atoms with Gasteiger partial charge in [-0.2, -0.15) is 0 Å². The van der Waals surface area contributed by atoms with Crippen molar-refractivity contribution < 1.29 is 9.53 Å². The molecule has 4 nitrogen and oxygen atoms in total. The lowest BCUT2D eigenvalue weighted by molar-refractivity contribution is -0.136. The first-order chi connectivity index (χ1) is 8.03. The Morgan fingerprint density at radius 2 is 2.06 bits per heavy atom. The van der Waals surface area contributed by atoms with Crippen molar-refractivity contribution in [3.8, 4) is 0 Å². The van der Waals surface area contributed by atoms with Gasteiger partial charge in [0.05, 0.1) is 0 Å². The zero-order valence-electron chi connectivity index (χ0n) is 10.3. The normalized spacial score (nSPS) is 23.6. The van der Waals surface area contributed by atoms with Crippen molar-refractivity contribution >= 4 is 17.3 Å². The van der Waals surface area contributed by atoms with Crippen LogP contribution in [-0.2, 0) is 9.53 Å². The molecule has 1 aromatic rings. The van der Waals surface area contributed by atoms with Crippen LogP contribution in [0.1, 0.15) is 19.8 Å². The summed E-state index contributed by atoms with van der Waals surface area (Å²) in [6.07, 6.45) is 1.73. The molecule has 0 spiro atoms. The lowest BCUT2D eigenvalue weighted by atomic mass is 10.0. The molecule has 1 heterocycles. The van der Waals surface area contributed by atoms with Crippen LogP contribution in [0.15, 0.2) is 24.3 Å². The second-order valence-electron chi connectivity index (χ2n) is 4.64. The molecular formula is C13H18N2O2. The van der Waals surface area contributed by atoms with Crippen molar-refractivity contribution in [1.29, 1.82) is 0 Å². The van der Waals surface area contributed by atoms with Gasteiger partial charge in [-0.3, -0.25) is 4.79 Å². The average molecular weight is 234 g/mol. The maximum absolute atomic E-state index is 12.3. The number of hydrogen-bond acceptors (Lipinski definition) is 3. The Hall–Kier alpha value is -1.55. The number of ether oxygens (including phenoxy) is 1. The minimum atomic E-state index is -0.670. The van der Waals surface area contributed by atoms with E-state index < -0.39 is 5.60 Å². The number of carbonyl (C=O) groups excluding carboxylic acids is 1. The molecule has 1 unspecified atom stereocenters. The van der Waals surface area contributed by atoms with E-state index in [-0.39, 0.29) is 5.91 Å². The van der Waals surface area contributed by atoms with Gasteiger partial charge in [-0.05, 0) is 44.0 Å². The largest absolute Gasteiger partial charge is 0.399 e. The molecule has 1 saturated heterocycles. The van der Waals surface area contributed by atoms with Crippen molar-refractivity contribution in [2.24, 2.45) is 0 Å². The third kappa shape index (κ3) is 2.26.